The van der Waals surface area contributed by atoms with Crippen molar-refractivity contribution in [1.82, 2.24) is 5.32 Å². The van der Waals surface area contributed by atoms with Crippen LogP contribution < -0.4 is 5.32 Å². The van der Waals surface area contributed by atoms with Crippen LogP contribution in [-0.2, 0) is 6.42 Å². The van der Waals surface area contributed by atoms with Crippen LogP contribution >= 0.6 is 0 Å². The van der Waals surface area contributed by atoms with Crippen molar-refractivity contribution in [1.29, 1.82) is 0 Å². The summed E-state index contributed by atoms with van der Waals surface area (Å²) in [5.41, 5.74) is 0.738. The van der Waals surface area contributed by atoms with Crippen molar-refractivity contribution in [3.8, 4) is 0 Å². The highest BCUT2D eigenvalue weighted by atomic mass is 19.3. The van der Waals surface area contributed by atoms with Crippen LogP contribution in [0.2, 0.25) is 0 Å². The SMILES string of the molecule is CNCCc1ccccc1C(F)C(F)F. The minimum Gasteiger partial charge on any atom is -0.319 e. The van der Waals surface area contributed by atoms with Crippen LogP contribution in [0, 0.1) is 0 Å². The van der Waals surface area contributed by atoms with Gasteiger partial charge in [-0.25, -0.2) is 13.2 Å². The molecule has 0 aliphatic heterocycles. The van der Waals surface area contributed by atoms with Gasteiger partial charge in [-0.05, 0) is 31.1 Å². The van der Waals surface area contributed by atoms with E-state index in [0.29, 0.717) is 18.5 Å². The fraction of sp³-hybridized carbons (Fsp3) is 0.455. The van der Waals surface area contributed by atoms with E-state index in [2.05, 4.69) is 5.32 Å². The molecule has 1 rings (SSSR count). The predicted molar refractivity (Wildman–Crippen MR) is 53.9 cm³/mol. The smallest absolute Gasteiger partial charge is 0.273 e. The summed E-state index contributed by atoms with van der Waals surface area (Å²) in [6, 6.07) is 6.41. The van der Waals surface area contributed by atoms with Gasteiger partial charge in [0, 0.05) is 0 Å². The number of hydrogen-bond donors (Lipinski definition) is 1. The number of halogens is 3. The summed E-state index contributed by atoms with van der Waals surface area (Å²) in [6.45, 7) is 0.646. The third-order valence-electron chi connectivity index (χ3n) is 2.22. The molecule has 0 radical (unpaired) electrons. The van der Waals surface area contributed by atoms with Gasteiger partial charge in [0.05, 0.1) is 0 Å². The van der Waals surface area contributed by atoms with Gasteiger partial charge < -0.3 is 5.32 Å². The molecule has 84 valence electrons. The van der Waals surface area contributed by atoms with Crippen LogP contribution in [0.5, 0.6) is 0 Å². The number of rotatable bonds is 5. The van der Waals surface area contributed by atoms with Crippen molar-refractivity contribution in [2.75, 3.05) is 13.6 Å². The molecular weight excluding hydrogens is 203 g/mol. The fourth-order valence-electron chi connectivity index (χ4n) is 1.43. The molecule has 0 saturated carbocycles. The van der Waals surface area contributed by atoms with E-state index in [1.807, 2.05) is 0 Å². The summed E-state index contributed by atoms with van der Waals surface area (Å²) in [6.07, 6.45) is -4.58. The standard InChI is InChI=1S/C11H14F3N/c1-15-7-6-8-4-2-3-5-9(8)10(12)11(13)14/h2-5,10-11,15H,6-7H2,1H3. The summed E-state index contributed by atoms with van der Waals surface area (Å²) in [7, 11) is 1.77. The van der Waals surface area contributed by atoms with Gasteiger partial charge in [0.15, 0.2) is 6.17 Å². The van der Waals surface area contributed by atoms with Crippen molar-refractivity contribution in [3.63, 3.8) is 0 Å². The Morgan fingerprint density at radius 3 is 2.47 bits per heavy atom. The highest BCUT2D eigenvalue weighted by Crippen LogP contribution is 2.27. The first-order chi connectivity index (χ1) is 7.16. The number of benzene rings is 1. The third kappa shape index (κ3) is 3.23. The third-order valence-corrected chi connectivity index (χ3v) is 2.22. The van der Waals surface area contributed by atoms with Crippen molar-refractivity contribution in [2.24, 2.45) is 0 Å². The maximum atomic E-state index is 13.2. The van der Waals surface area contributed by atoms with Crippen molar-refractivity contribution < 1.29 is 13.2 Å². The Morgan fingerprint density at radius 1 is 1.20 bits per heavy atom. The Bertz CT molecular complexity index is 302. The zero-order chi connectivity index (χ0) is 11.3. The highest BCUT2D eigenvalue weighted by molar-refractivity contribution is 5.29. The van der Waals surface area contributed by atoms with E-state index < -0.39 is 12.6 Å². The molecule has 1 N–H and O–H groups in total. The first-order valence-corrected chi connectivity index (χ1v) is 4.81. The molecule has 0 saturated heterocycles. The lowest BCUT2D eigenvalue weighted by molar-refractivity contribution is 0.0491. The first-order valence-electron chi connectivity index (χ1n) is 4.81. The first kappa shape index (κ1) is 12.0. The zero-order valence-corrected chi connectivity index (χ0v) is 8.51. The topological polar surface area (TPSA) is 12.0 Å². The van der Waals surface area contributed by atoms with E-state index in [9.17, 15) is 13.2 Å². The van der Waals surface area contributed by atoms with Crippen molar-refractivity contribution >= 4 is 0 Å². The molecule has 0 aromatic heterocycles. The normalized spacial score (nSPS) is 13.1. The van der Waals surface area contributed by atoms with Crippen LogP contribution in [0.3, 0.4) is 0 Å². The monoisotopic (exact) mass is 217 g/mol. The Balaban J connectivity index is 2.85. The van der Waals surface area contributed by atoms with E-state index in [-0.39, 0.29) is 5.56 Å². The second-order valence-electron chi connectivity index (χ2n) is 3.29. The lowest BCUT2D eigenvalue weighted by Crippen LogP contribution is -2.13. The summed E-state index contributed by atoms with van der Waals surface area (Å²) >= 11 is 0. The largest absolute Gasteiger partial charge is 0.319 e. The summed E-state index contributed by atoms with van der Waals surface area (Å²) in [5, 5.41) is 2.90. The van der Waals surface area contributed by atoms with Gasteiger partial charge in [-0.1, -0.05) is 24.3 Å². The van der Waals surface area contributed by atoms with Crippen LogP contribution in [0.1, 0.15) is 17.3 Å². The second kappa shape index (κ2) is 5.75. The quantitative estimate of drug-likeness (QED) is 0.799. The Hall–Kier alpha value is -1.03. The Labute approximate surface area is 87.3 Å². The van der Waals surface area contributed by atoms with Gasteiger partial charge in [0.1, 0.15) is 0 Å². The minimum atomic E-state index is -2.96. The average Bonchev–Trinajstić information content (AvgIpc) is 2.25. The van der Waals surface area contributed by atoms with Crippen LogP contribution in [0.15, 0.2) is 24.3 Å². The fourth-order valence-corrected chi connectivity index (χ4v) is 1.43. The highest BCUT2D eigenvalue weighted by Gasteiger charge is 2.23. The number of nitrogens with one attached hydrogen (secondary N) is 1. The molecule has 0 spiro atoms. The average molecular weight is 217 g/mol. The minimum absolute atomic E-state index is 0.0998. The van der Waals surface area contributed by atoms with Gasteiger partial charge in [-0.15, -0.1) is 0 Å². The molecule has 4 heteroatoms. The molecule has 1 aromatic carbocycles. The zero-order valence-electron chi connectivity index (χ0n) is 8.51. The van der Waals surface area contributed by atoms with Crippen LogP contribution in [-0.4, -0.2) is 20.0 Å². The van der Waals surface area contributed by atoms with Gasteiger partial charge in [-0.2, -0.15) is 0 Å². The molecule has 0 fully saturated rings. The number of hydrogen-bond acceptors (Lipinski definition) is 1. The lowest BCUT2D eigenvalue weighted by Gasteiger charge is -2.12. The van der Waals surface area contributed by atoms with E-state index in [0.717, 1.165) is 0 Å². The molecule has 0 aliphatic rings. The van der Waals surface area contributed by atoms with Crippen molar-refractivity contribution in [2.45, 2.75) is 19.0 Å². The maximum Gasteiger partial charge on any atom is 0.273 e. The van der Waals surface area contributed by atoms with E-state index >= 15 is 0 Å². The molecular formula is C11H14F3N. The summed E-state index contributed by atoms with van der Waals surface area (Å²) in [4.78, 5) is 0. The predicted octanol–water partition coefficient (Wildman–Crippen LogP) is 2.72. The van der Waals surface area contributed by atoms with E-state index in [1.54, 1.807) is 25.2 Å². The van der Waals surface area contributed by atoms with Crippen molar-refractivity contribution in [3.05, 3.63) is 35.4 Å². The molecule has 1 atom stereocenters. The van der Waals surface area contributed by atoms with Gasteiger partial charge in [0.25, 0.3) is 6.43 Å². The number of likely N-dealkylation sites (N-methyl/N-ethyl adjacent to an activating group) is 1. The number of alkyl halides is 3. The molecule has 0 heterocycles. The Kier molecular flexibility index (Phi) is 4.62. The molecule has 0 amide bonds. The maximum absolute atomic E-state index is 13.2. The van der Waals surface area contributed by atoms with Gasteiger partial charge in [0.2, 0.25) is 0 Å². The lowest BCUT2D eigenvalue weighted by atomic mass is 10.0. The summed E-state index contributed by atoms with van der Waals surface area (Å²) in [5.74, 6) is 0. The van der Waals surface area contributed by atoms with Gasteiger partial charge in [-0.3, -0.25) is 0 Å². The molecule has 1 aromatic rings. The summed E-state index contributed by atoms with van der Waals surface area (Å²) < 4.78 is 37.6. The second-order valence-corrected chi connectivity index (χ2v) is 3.29. The van der Waals surface area contributed by atoms with E-state index in [1.165, 1.54) is 6.07 Å². The molecule has 0 bridgehead atoms. The molecule has 1 nitrogen and oxygen atoms in total. The van der Waals surface area contributed by atoms with Crippen LogP contribution in [0.4, 0.5) is 13.2 Å². The molecule has 1 unspecified atom stereocenters. The van der Waals surface area contributed by atoms with Crippen LogP contribution in [0.25, 0.3) is 0 Å². The van der Waals surface area contributed by atoms with E-state index in [4.69, 9.17) is 0 Å². The van der Waals surface area contributed by atoms with Gasteiger partial charge >= 0.3 is 0 Å². The Morgan fingerprint density at radius 2 is 1.87 bits per heavy atom. The molecule has 15 heavy (non-hydrogen) atoms. The molecule has 0 aliphatic carbocycles.